The van der Waals surface area contributed by atoms with Gasteiger partial charge in [0.05, 0.1) is 10.0 Å². The third kappa shape index (κ3) is 1.66. The minimum Gasteiger partial charge on any atom is -0.486 e. The van der Waals surface area contributed by atoms with Crippen LogP contribution in [0.1, 0.15) is 24.0 Å². The Labute approximate surface area is 113 Å². The summed E-state index contributed by atoms with van der Waals surface area (Å²) in [5.74, 6) is 1.47. The van der Waals surface area contributed by atoms with Gasteiger partial charge in [0.2, 0.25) is 6.08 Å². The summed E-state index contributed by atoms with van der Waals surface area (Å²) in [6.07, 6.45) is 3.45. The molecule has 1 aliphatic heterocycles. The fourth-order valence-corrected chi connectivity index (χ4v) is 2.89. The summed E-state index contributed by atoms with van der Waals surface area (Å²) in [7, 11) is 0. The minimum atomic E-state index is -0.385. The van der Waals surface area contributed by atoms with Gasteiger partial charge >= 0.3 is 0 Å². The van der Waals surface area contributed by atoms with Gasteiger partial charge in [0.15, 0.2) is 11.5 Å². The molecule has 18 heavy (non-hydrogen) atoms. The number of halogens is 1. The first-order chi connectivity index (χ1) is 8.68. The summed E-state index contributed by atoms with van der Waals surface area (Å²) in [4.78, 5) is 14.5. The lowest BCUT2D eigenvalue weighted by molar-refractivity contribution is 0.170. The average molecular weight is 310 g/mol. The van der Waals surface area contributed by atoms with Crippen LogP contribution < -0.4 is 9.47 Å². The number of benzene rings is 1. The number of hydrogen-bond acceptors (Lipinski definition) is 4. The molecule has 0 N–H and O–H groups in total. The quantitative estimate of drug-likeness (QED) is 0.623. The van der Waals surface area contributed by atoms with Gasteiger partial charge in [0.25, 0.3) is 0 Å². The second-order valence-corrected chi connectivity index (χ2v) is 5.41. The zero-order chi connectivity index (χ0) is 12.8. The Hall–Kier alpha value is -1.32. The van der Waals surface area contributed by atoms with Crippen molar-refractivity contribution in [3.05, 3.63) is 21.7 Å². The van der Waals surface area contributed by atoms with E-state index in [-0.39, 0.29) is 5.54 Å². The maximum absolute atomic E-state index is 10.6. The standard InChI is InChI=1S/C13H12BrNO3/c1-8-9(13(2-3-13)15-7-16)6-10-12(11(8)14)18-5-4-17-10/h6H,2-5H2,1H3. The van der Waals surface area contributed by atoms with Crippen molar-refractivity contribution in [2.24, 2.45) is 4.99 Å². The highest BCUT2D eigenvalue weighted by molar-refractivity contribution is 9.10. The molecule has 4 nitrogen and oxygen atoms in total. The lowest BCUT2D eigenvalue weighted by Crippen LogP contribution is -2.17. The van der Waals surface area contributed by atoms with Crippen molar-refractivity contribution in [3.63, 3.8) is 0 Å². The van der Waals surface area contributed by atoms with Crippen LogP contribution in [0.5, 0.6) is 11.5 Å². The first-order valence-electron chi connectivity index (χ1n) is 5.86. The maximum Gasteiger partial charge on any atom is 0.235 e. The van der Waals surface area contributed by atoms with Crippen molar-refractivity contribution in [2.45, 2.75) is 25.3 Å². The van der Waals surface area contributed by atoms with Crippen LogP contribution in [-0.4, -0.2) is 19.3 Å². The van der Waals surface area contributed by atoms with E-state index in [9.17, 15) is 4.79 Å². The van der Waals surface area contributed by atoms with Crippen molar-refractivity contribution < 1.29 is 14.3 Å². The summed E-state index contributed by atoms with van der Waals surface area (Å²) in [5.41, 5.74) is 1.70. The van der Waals surface area contributed by atoms with E-state index in [0.717, 1.165) is 39.9 Å². The minimum absolute atomic E-state index is 0.385. The van der Waals surface area contributed by atoms with Crippen molar-refractivity contribution >= 4 is 22.0 Å². The summed E-state index contributed by atoms with van der Waals surface area (Å²) in [6, 6.07) is 1.95. The topological polar surface area (TPSA) is 47.9 Å². The van der Waals surface area contributed by atoms with Crippen molar-refractivity contribution in [2.75, 3.05) is 13.2 Å². The molecule has 1 saturated carbocycles. The smallest absolute Gasteiger partial charge is 0.235 e. The summed E-state index contributed by atoms with van der Waals surface area (Å²) in [5, 5.41) is 0. The van der Waals surface area contributed by atoms with Crippen molar-refractivity contribution in [3.8, 4) is 11.5 Å². The molecule has 1 aromatic rings. The number of isocyanates is 1. The van der Waals surface area contributed by atoms with E-state index < -0.39 is 0 Å². The molecule has 0 spiro atoms. The molecule has 2 aliphatic rings. The second kappa shape index (κ2) is 4.11. The normalized spacial score (nSPS) is 19.0. The van der Waals surface area contributed by atoms with Crippen LogP contribution in [0.4, 0.5) is 0 Å². The van der Waals surface area contributed by atoms with E-state index in [1.165, 1.54) is 0 Å². The zero-order valence-corrected chi connectivity index (χ0v) is 11.5. The molecule has 3 rings (SSSR count). The number of fused-ring (bicyclic) bond motifs is 1. The third-order valence-corrected chi connectivity index (χ3v) is 4.46. The largest absolute Gasteiger partial charge is 0.486 e. The lowest BCUT2D eigenvalue weighted by Gasteiger charge is -2.23. The van der Waals surface area contributed by atoms with Gasteiger partial charge in [0, 0.05) is 0 Å². The van der Waals surface area contributed by atoms with E-state index in [1.807, 2.05) is 13.0 Å². The first kappa shape index (κ1) is 11.8. The number of aliphatic imine (C=N–C) groups is 1. The van der Waals surface area contributed by atoms with Crippen molar-refractivity contribution in [1.82, 2.24) is 0 Å². The summed E-state index contributed by atoms with van der Waals surface area (Å²) in [6.45, 7) is 3.10. The molecule has 1 aliphatic carbocycles. The Kier molecular flexibility index (Phi) is 2.68. The van der Waals surface area contributed by atoms with Crippen LogP contribution >= 0.6 is 15.9 Å². The van der Waals surface area contributed by atoms with Crippen LogP contribution in [0.25, 0.3) is 0 Å². The van der Waals surface area contributed by atoms with Gasteiger partial charge in [0.1, 0.15) is 13.2 Å². The predicted molar refractivity (Wildman–Crippen MR) is 68.9 cm³/mol. The molecular formula is C13H12BrNO3. The molecule has 94 valence electrons. The van der Waals surface area contributed by atoms with Gasteiger partial charge in [-0.15, -0.1) is 0 Å². The van der Waals surface area contributed by atoms with Crippen LogP contribution in [0, 0.1) is 6.92 Å². The average Bonchev–Trinajstić information content (AvgIpc) is 3.15. The predicted octanol–water partition coefficient (Wildman–Crippen LogP) is 2.85. The van der Waals surface area contributed by atoms with Crippen molar-refractivity contribution in [1.29, 1.82) is 0 Å². The van der Waals surface area contributed by atoms with Gasteiger partial charge in [-0.05, 0) is 52.9 Å². The fraction of sp³-hybridized carbons (Fsp3) is 0.462. The van der Waals surface area contributed by atoms with E-state index in [0.29, 0.717) is 13.2 Å². The number of carbonyl (C=O) groups excluding carboxylic acids is 1. The van der Waals surface area contributed by atoms with E-state index in [4.69, 9.17) is 9.47 Å². The molecule has 0 atom stereocenters. The molecule has 0 amide bonds. The third-order valence-electron chi connectivity index (χ3n) is 3.50. The molecule has 0 saturated heterocycles. The second-order valence-electron chi connectivity index (χ2n) is 4.62. The zero-order valence-electron chi connectivity index (χ0n) is 9.96. The Morgan fingerprint density at radius 1 is 1.39 bits per heavy atom. The molecule has 0 bridgehead atoms. The monoisotopic (exact) mass is 309 g/mol. The molecular weight excluding hydrogens is 298 g/mol. The van der Waals surface area contributed by atoms with Crippen LogP contribution in [-0.2, 0) is 10.3 Å². The summed E-state index contributed by atoms with van der Waals surface area (Å²) >= 11 is 3.54. The Balaban J connectivity index is 2.16. The Morgan fingerprint density at radius 3 is 2.78 bits per heavy atom. The molecule has 1 aromatic carbocycles. The molecule has 1 heterocycles. The lowest BCUT2D eigenvalue weighted by atomic mass is 9.98. The fourth-order valence-electron chi connectivity index (χ4n) is 2.37. The van der Waals surface area contributed by atoms with Crippen LogP contribution in [0.2, 0.25) is 0 Å². The molecule has 5 heteroatoms. The Bertz CT molecular complexity index is 560. The number of rotatable bonds is 2. The van der Waals surface area contributed by atoms with Gasteiger partial charge in [-0.1, -0.05) is 0 Å². The van der Waals surface area contributed by atoms with Gasteiger partial charge in [-0.2, -0.15) is 4.99 Å². The van der Waals surface area contributed by atoms with Gasteiger partial charge < -0.3 is 9.47 Å². The maximum atomic E-state index is 10.6. The summed E-state index contributed by atoms with van der Waals surface area (Å²) < 4.78 is 12.1. The van der Waals surface area contributed by atoms with Crippen LogP contribution in [0.3, 0.4) is 0 Å². The highest BCUT2D eigenvalue weighted by Gasteiger charge is 2.47. The SMILES string of the molecule is Cc1c(C2(N=C=O)CC2)cc2c(c1Br)OCCO2. The molecule has 0 unspecified atom stereocenters. The van der Waals surface area contributed by atoms with E-state index >= 15 is 0 Å². The number of ether oxygens (including phenoxy) is 2. The van der Waals surface area contributed by atoms with Crippen LogP contribution in [0.15, 0.2) is 15.5 Å². The van der Waals surface area contributed by atoms with Gasteiger partial charge in [-0.3, -0.25) is 0 Å². The number of nitrogens with zero attached hydrogens (tertiary/aromatic N) is 1. The highest BCUT2D eigenvalue weighted by atomic mass is 79.9. The van der Waals surface area contributed by atoms with E-state index in [1.54, 1.807) is 6.08 Å². The molecule has 1 fully saturated rings. The highest BCUT2D eigenvalue weighted by Crippen LogP contribution is 2.54. The van der Waals surface area contributed by atoms with Gasteiger partial charge in [-0.25, -0.2) is 4.79 Å². The van der Waals surface area contributed by atoms with E-state index in [2.05, 4.69) is 20.9 Å². The molecule has 0 radical (unpaired) electrons. The molecule has 0 aromatic heterocycles. The first-order valence-corrected chi connectivity index (χ1v) is 6.65. The Morgan fingerprint density at radius 2 is 2.11 bits per heavy atom. The number of hydrogen-bond donors (Lipinski definition) is 0.